The molecular weight excluding hydrogens is 412 g/mol. The summed E-state index contributed by atoms with van der Waals surface area (Å²) in [7, 11) is 0. The van der Waals surface area contributed by atoms with E-state index in [4.69, 9.17) is 16.3 Å². The third kappa shape index (κ3) is 7.59. The van der Waals surface area contributed by atoms with E-state index in [9.17, 15) is 9.59 Å². The number of carbonyl (C=O) groups excluding carboxylic acids is 2. The second-order valence-corrected chi connectivity index (χ2v) is 8.50. The average molecular weight is 443 g/mol. The average Bonchev–Trinajstić information content (AvgIpc) is 2.78. The van der Waals surface area contributed by atoms with E-state index in [0.29, 0.717) is 49.7 Å². The lowest BCUT2D eigenvalue weighted by Crippen LogP contribution is -2.46. The predicted molar refractivity (Wildman–Crippen MR) is 123 cm³/mol. The number of rotatable bonds is 9. The normalized spacial score (nSPS) is 14.3. The second kappa shape index (κ2) is 11.8. The molecule has 0 spiro atoms. The van der Waals surface area contributed by atoms with Gasteiger partial charge in [-0.05, 0) is 50.3 Å². The minimum atomic E-state index is 0.0342. The number of hydrogen-bond donors (Lipinski definition) is 1. The number of aryl methyl sites for hydroxylation is 2. The maximum atomic E-state index is 12.5. The first-order chi connectivity index (χ1) is 15.0. The summed E-state index contributed by atoms with van der Waals surface area (Å²) in [6.07, 6.45) is 3.96. The fourth-order valence-corrected chi connectivity index (χ4v) is 3.90. The first-order valence-electron chi connectivity index (χ1n) is 11.0. The van der Waals surface area contributed by atoms with Crippen LogP contribution in [0.15, 0.2) is 48.5 Å². The molecule has 5 nitrogen and oxygen atoms in total. The van der Waals surface area contributed by atoms with E-state index in [2.05, 4.69) is 36.5 Å². The van der Waals surface area contributed by atoms with E-state index in [-0.39, 0.29) is 17.9 Å². The third-order valence-electron chi connectivity index (χ3n) is 5.60. The van der Waals surface area contributed by atoms with Crippen molar-refractivity contribution < 1.29 is 14.3 Å². The Morgan fingerprint density at radius 3 is 2.48 bits per heavy atom. The number of halogens is 1. The van der Waals surface area contributed by atoms with Gasteiger partial charge in [-0.1, -0.05) is 53.6 Å². The molecule has 0 saturated carbocycles. The number of carbonyl (C=O) groups is 2. The number of para-hydroxylation sites is 1. The van der Waals surface area contributed by atoms with Crippen LogP contribution in [0.4, 0.5) is 0 Å². The molecule has 1 fully saturated rings. The highest BCUT2D eigenvalue weighted by atomic mass is 35.5. The number of nitrogens with zero attached hydrogens (tertiary/aromatic N) is 1. The molecule has 6 heteroatoms. The van der Waals surface area contributed by atoms with Gasteiger partial charge in [0.15, 0.2) is 0 Å². The fraction of sp³-hybridized carbons (Fsp3) is 0.440. The van der Waals surface area contributed by atoms with E-state index in [1.165, 1.54) is 11.1 Å². The Hall–Kier alpha value is -2.53. The van der Waals surface area contributed by atoms with Crippen LogP contribution in [0, 0.1) is 6.92 Å². The Morgan fingerprint density at radius 2 is 1.77 bits per heavy atom. The zero-order valence-corrected chi connectivity index (χ0v) is 18.9. The monoisotopic (exact) mass is 442 g/mol. The van der Waals surface area contributed by atoms with Crippen LogP contribution in [0.1, 0.15) is 43.2 Å². The van der Waals surface area contributed by atoms with E-state index in [1.807, 2.05) is 23.1 Å². The topological polar surface area (TPSA) is 58.6 Å². The van der Waals surface area contributed by atoms with Gasteiger partial charge in [0.1, 0.15) is 5.75 Å². The number of hydrogen-bond acceptors (Lipinski definition) is 3. The molecule has 166 valence electrons. The van der Waals surface area contributed by atoms with Crippen LogP contribution >= 0.6 is 11.6 Å². The standard InChI is InChI=1S/C25H31ClN2O3/c1-19-8-10-20(11-9-19)12-13-25(30)28-16-14-21(15-17-28)27-24(29)7-4-18-31-23-6-3-2-5-22(23)26/h2-3,5-6,8-11,21H,4,7,12-18H2,1H3,(H,27,29). The first kappa shape index (κ1) is 23.1. The molecule has 2 aromatic carbocycles. The summed E-state index contributed by atoms with van der Waals surface area (Å²) >= 11 is 6.05. The Balaban J connectivity index is 1.29. The van der Waals surface area contributed by atoms with E-state index in [1.54, 1.807) is 6.07 Å². The smallest absolute Gasteiger partial charge is 0.222 e. The number of piperidine rings is 1. The van der Waals surface area contributed by atoms with Gasteiger partial charge in [-0.3, -0.25) is 9.59 Å². The van der Waals surface area contributed by atoms with Gasteiger partial charge in [-0.2, -0.15) is 0 Å². The quantitative estimate of drug-likeness (QED) is 0.579. The van der Waals surface area contributed by atoms with Crippen LogP contribution in [-0.2, 0) is 16.0 Å². The predicted octanol–water partition coefficient (Wildman–Crippen LogP) is 4.55. The molecule has 0 bridgehead atoms. The minimum Gasteiger partial charge on any atom is -0.492 e. The fourth-order valence-electron chi connectivity index (χ4n) is 3.71. The summed E-state index contributed by atoms with van der Waals surface area (Å²) in [6.45, 7) is 3.91. The van der Waals surface area contributed by atoms with E-state index < -0.39 is 0 Å². The van der Waals surface area contributed by atoms with Gasteiger partial charge in [-0.25, -0.2) is 0 Å². The maximum Gasteiger partial charge on any atom is 0.222 e. The van der Waals surface area contributed by atoms with Gasteiger partial charge in [0.2, 0.25) is 11.8 Å². The van der Waals surface area contributed by atoms with Gasteiger partial charge in [-0.15, -0.1) is 0 Å². The molecule has 0 aromatic heterocycles. The summed E-state index contributed by atoms with van der Waals surface area (Å²) in [4.78, 5) is 26.6. The number of nitrogens with one attached hydrogen (secondary N) is 1. The molecule has 0 aliphatic carbocycles. The largest absolute Gasteiger partial charge is 0.492 e. The molecule has 2 aromatic rings. The molecule has 1 aliphatic heterocycles. The van der Waals surface area contributed by atoms with Crippen LogP contribution in [0.2, 0.25) is 5.02 Å². The zero-order chi connectivity index (χ0) is 22.1. The van der Waals surface area contributed by atoms with Crippen molar-refractivity contribution in [3.63, 3.8) is 0 Å². The SMILES string of the molecule is Cc1ccc(CCC(=O)N2CCC(NC(=O)CCCOc3ccccc3Cl)CC2)cc1. The van der Waals surface area contributed by atoms with Crippen molar-refractivity contribution in [3.05, 3.63) is 64.7 Å². The van der Waals surface area contributed by atoms with Crippen molar-refractivity contribution in [2.24, 2.45) is 0 Å². The van der Waals surface area contributed by atoms with Gasteiger partial charge < -0.3 is 15.0 Å². The molecule has 31 heavy (non-hydrogen) atoms. The molecule has 0 unspecified atom stereocenters. The van der Waals surface area contributed by atoms with Crippen molar-refractivity contribution in [2.45, 2.75) is 51.5 Å². The Morgan fingerprint density at radius 1 is 1.06 bits per heavy atom. The van der Waals surface area contributed by atoms with E-state index >= 15 is 0 Å². The minimum absolute atomic E-state index is 0.0342. The Labute approximate surface area is 189 Å². The highest BCUT2D eigenvalue weighted by Gasteiger charge is 2.23. The molecule has 1 heterocycles. The van der Waals surface area contributed by atoms with Crippen molar-refractivity contribution in [3.8, 4) is 5.75 Å². The zero-order valence-electron chi connectivity index (χ0n) is 18.1. The van der Waals surface area contributed by atoms with Crippen molar-refractivity contribution in [1.29, 1.82) is 0 Å². The van der Waals surface area contributed by atoms with Crippen molar-refractivity contribution in [2.75, 3.05) is 19.7 Å². The first-order valence-corrected chi connectivity index (χ1v) is 11.4. The van der Waals surface area contributed by atoms with Crippen molar-refractivity contribution in [1.82, 2.24) is 10.2 Å². The summed E-state index contributed by atoms with van der Waals surface area (Å²) in [6, 6.07) is 15.8. The molecule has 3 rings (SSSR count). The number of ether oxygens (including phenoxy) is 1. The Bertz CT molecular complexity index is 861. The van der Waals surface area contributed by atoms with Crippen LogP contribution in [0.3, 0.4) is 0 Å². The lowest BCUT2D eigenvalue weighted by molar-refractivity contribution is -0.132. The molecule has 1 aliphatic rings. The van der Waals surface area contributed by atoms with Crippen LogP contribution in [0.25, 0.3) is 0 Å². The van der Waals surface area contributed by atoms with Gasteiger partial charge in [0.05, 0.1) is 11.6 Å². The number of amides is 2. The van der Waals surface area contributed by atoms with Crippen LogP contribution < -0.4 is 10.1 Å². The lowest BCUT2D eigenvalue weighted by Gasteiger charge is -2.32. The van der Waals surface area contributed by atoms with Gasteiger partial charge in [0, 0.05) is 32.0 Å². The second-order valence-electron chi connectivity index (χ2n) is 8.09. The number of likely N-dealkylation sites (tertiary alicyclic amines) is 1. The highest BCUT2D eigenvalue weighted by molar-refractivity contribution is 6.32. The molecule has 2 amide bonds. The molecule has 0 radical (unpaired) electrons. The molecule has 0 atom stereocenters. The third-order valence-corrected chi connectivity index (χ3v) is 5.92. The van der Waals surface area contributed by atoms with Gasteiger partial charge >= 0.3 is 0 Å². The van der Waals surface area contributed by atoms with Crippen LogP contribution in [0.5, 0.6) is 5.75 Å². The van der Waals surface area contributed by atoms with Crippen molar-refractivity contribution >= 4 is 23.4 Å². The number of benzene rings is 2. The summed E-state index contributed by atoms with van der Waals surface area (Å²) < 4.78 is 5.62. The summed E-state index contributed by atoms with van der Waals surface area (Å²) in [5, 5.41) is 3.67. The molecular formula is C25H31ClN2O3. The summed E-state index contributed by atoms with van der Waals surface area (Å²) in [5.74, 6) is 0.873. The molecule has 1 saturated heterocycles. The Kier molecular flexibility index (Phi) is 8.77. The highest BCUT2D eigenvalue weighted by Crippen LogP contribution is 2.23. The van der Waals surface area contributed by atoms with Gasteiger partial charge in [0.25, 0.3) is 0 Å². The van der Waals surface area contributed by atoms with E-state index in [0.717, 1.165) is 19.3 Å². The summed E-state index contributed by atoms with van der Waals surface area (Å²) in [5.41, 5.74) is 2.42. The molecule has 1 N–H and O–H groups in total. The van der Waals surface area contributed by atoms with Crippen LogP contribution in [-0.4, -0.2) is 42.5 Å². The maximum absolute atomic E-state index is 12.5. The lowest BCUT2D eigenvalue weighted by atomic mass is 10.0.